The average Bonchev–Trinajstić information content (AvgIpc) is 3.36. The van der Waals surface area contributed by atoms with Crippen LogP contribution in [0.3, 0.4) is 0 Å². The molecule has 1 saturated carbocycles. The van der Waals surface area contributed by atoms with Crippen LogP contribution in [0.1, 0.15) is 58.3 Å². The Labute approximate surface area is 185 Å². The third-order valence-electron chi connectivity index (χ3n) is 6.80. The lowest BCUT2D eigenvalue weighted by molar-refractivity contribution is -0.208. The molecule has 0 unspecified atom stereocenters. The molecule has 4 heterocycles. The minimum atomic E-state index is -1.51. The first kappa shape index (κ1) is 21.1. The number of carbonyl (C=O) groups excluding carboxylic acids is 1. The predicted molar refractivity (Wildman–Crippen MR) is 111 cm³/mol. The van der Waals surface area contributed by atoms with Gasteiger partial charge in [0.1, 0.15) is 42.8 Å². The number of esters is 1. The maximum atomic E-state index is 12.5. The first-order chi connectivity index (χ1) is 15.2. The van der Waals surface area contributed by atoms with E-state index in [1.54, 1.807) is 24.4 Å². The van der Waals surface area contributed by atoms with Gasteiger partial charge >= 0.3 is 5.97 Å². The van der Waals surface area contributed by atoms with Gasteiger partial charge in [-0.25, -0.2) is 9.50 Å². The topological polar surface area (TPSA) is 134 Å². The molecule has 10 heteroatoms. The second-order valence-electron chi connectivity index (χ2n) is 9.76. The molecule has 3 fully saturated rings. The van der Waals surface area contributed by atoms with Crippen molar-refractivity contribution in [2.75, 3.05) is 12.3 Å². The highest BCUT2D eigenvalue weighted by Crippen LogP contribution is 2.50. The summed E-state index contributed by atoms with van der Waals surface area (Å²) in [4.78, 5) is 16.5. The van der Waals surface area contributed by atoms with Gasteiger partial charge in [0.2, 0.25) is 5.60 Å². The summed E-state index contributed by atoms with van der Waals surface area (Å²) in [6.07, 6.45) is 2.80. The summed E-state index contributed by atoms with van der Waals surface area (Å²) in [5.74, 6) is -0.934. The lowest BCUT2D eigenvalue weighted by Gasteiger charge is -2.37. The van der Waals surface area contributed by atoms with Crippen LogP contribution in [0.2, 0.25) is 0 Å². The number of hydrogen-bond acceptors (Lipinski definition) is 9. The molecule has 0 aromatic carbocycles. The van der Waals surface area contributed by atoms with Gasteiger partial charge in [0.05, 0.1) is 12.1 Å². The van der Waals surface area contributed by atoms with Gasteiger partial charge in [-0.1, -0.05) is 13.3 Å². The summed E-state index contributed by atoms with van der Waals surface area (Å²) in [5.41, 5.74) is 5.71. The quantitative estimate of drug-likeness (QED) is 0.693. The SMILES string of the molecule is CC1(CC(=O)OC[C@@]2(C#N)O[C@@H](c3ccc4c(N)ncnn34)[C@@H]3OC(C)(C)O[C@@H]32)CCC1. The fourth-order valence-electron chi connectivity index (χ4n) is 4.93. The molecular formula is C22H27N5O5. The molecule has 10 nitrogen and oxygen atoms in total. The molecule has 4 atom stereocenters. The van der Waals surface area contributed by atoms with Crippen LogP contribution in [0.4, 0.5) is 5.82 Å². The van der Waals surface area contributed by atoms with Crippen LogP contribution in [0.5, 0.6) is 0 Å². The number of hydrogen-bond donors (Lipinski definition) is 1. The zero-order valence-corrected chi connectivity index (χ0v) is 18.4. The van der Waals surface area contributed by atoms with E-state index in [0.717, 1.165) is 19.3 Å². The Bertz CT molecular complexity index is 1100. The van der Waals surface area contributed by atoms with Crippen LogP contribution in [-0.4, -0.2) is 50.8 Å². The van der Waals surface area contributed by atoms with E-state index in [2.05, 4.69) is 23.1 Å². The monoisotopic (exact) mass is 441 g/mol. The average molecular weight is 441 g/mol. The normalized spacial score (nSPS) is 32.2. The first-order valence-corrected chi connectivity index (χ1v) is 10.8. The van der Waals surface area contributed by atoms with Crippen LogP contribution in [0.25, 0.3) is 5.52 Å². The van der Waals surface area contributed by atoms with Crippen molar-refractivity contribution in [2.45, 2.75) is 76.2 Å². The highest BCUT2D eigenvalue weighted by molar-refractivity contribution is 5.70. The van der Waals surface area contributed by atoms with Gasteiger partial charge in [0.15, 0.2) is 11.6 Å². The summed E-state index contributed by atoms with van der Waals surface area (Å²) in [6.45, 7) is 5.41. The molecule has 32 heavy (non-hydrogen) atoms. The van der Waals surface area contributed by atoms with Gasteiger partial charge in [-0.3, -0.25) is 4.79 Å². The summed E-state index contributed by atoms with van der Waals surface area (Å²) < 4.78 is 25.7. The van der Waals surface area contributed by atoms with Crippen molar-refractivity contribution in [3.05, 3.63) is 24.2 Å². The Hall–Kier alpha value is -2.74. The summed E-state index contributed by atoms with van der Waals surface area (Å²) in [5, 5.41) is 14.4. The summed E-state index contributed by atoms with van der Waals surface area (Å²) >= 11 is 0. The van der Waals surface area contributed by atoms with Crippen LogP contribution < -0.4 is 5.73 Å². The molecule has 0 spiro atoms. The minimum Gasteiger partial charge on any atom is -0.461 e. The number of rotatable bonds is 5. The fourth-order valence-corrected chi connectivity index (χ4v) is 4.93. The fraction of sp³-hybridized carbons (Fsp3) is 0.636. The van der Waals surface area contributed by atoms with E-state index in [4.69, 9.17) is 24.7 Å². The van der Waals surface area contributed by atoms with E-state index < -0.39 is 29.7 Å². The highest BCUT2D eigenvalue weighted by Gasteiger charge is 2.65. The Morgan fingerprint density at radius 2 is 2.09 bits per heavy atom. The van der Waals surface area contributed by atoms with Crippen molar-refractivity contribution < 1.29 is 23.7 Å². The molecule has 1 aliphatic carbocycles. The molecule has 0 bridgehead atoms. The smallest absolute Gasteiger partial charge is 0.306 e. The van der Waals surface area contributed by atoms with E-state index in [-0.39, 0.29) is 18.0 Å². The van der Waals surface area contributed by atoms with E-state index in [1.807, 2.05) is 6.07 Å². The molecule has 2 saturated heterocycles. The third-order valence-corrected chi connectivity index (χ3v) is 6.80. The molecule has 2 N–H and O–H groups in total. The van der Waals surface area contributed by atoms with Crippen molar-refractivity contribution >= 4 is 17.3 Å². The van der Waals surface area contributed by atoms with Crippen LogP contribution in [0, 0.1) is 16.7 Å². The van der Waals surface area contributed by atoms with Crippen LogP contribution in [0.15, 0.2) is 18.5 Å². The number of ether oxygens (including phenoxy) is 4. The van der Waals surface area contributed by atoms with Gasteiger partial charge in [-0.15, -0.1) is 0 Å². The Balaban J connectivity index is 1.43. The molecule has 2 aliphatic heterocycles. The molecular weight excluding hydrogens is 414 g/mol. The van der Waals surface area contributed by atoms with E-state index in [1.165, 1.54) is 6.33 Å². The molecule has 0 amide bonds. The van der Waals surface area contributed by atoms with Gasteiger partial charge in [-0.05, 0) is 44.2 Å². The minimum absolute atomic E-state index is 0.0159. The number of fused-ring (bicyclic) bond motifs is 2. The van der Waals surface area contributed by atoms with Crippen molar-refractivity contribution in [1.29, 1.82) is 5.26 Å². The van der Waals surface area contributed by atoms with Gasteiger partial charge < -0.3 is 24.7 Å². The van der Waals surface area contributed by atoms with E-state index >= 15 is 0 Å². The molecule has 5 rings (SSSR count). The second-order valence-corrected chi connectivity index (χ2v) is 9.76. The predicted octanol–water partition coefficient (Wildman–Crippen LogP) is 2.29. The zero-order valence-electron chi connectivity index (χ0n) is 18.4. The number of aromatic nitrogens is 3. The number of nitrogens with two attached hydrogens (primary N) is 1. The molecule has 170 valence electrons. The van der Waals surface area contributed by atoms with Crippen LogP contribution in [-0.2, 0) is 23.7 Å². The van der Waals surface area contributed by atoms with Gasteiger partial charge in [-0.2, -0.15) is 10.4 Å². The zero-order chi connectivity index (χ0) is 22.7. The second kappa shape index (κ2) is 7.13. The Morgan fingerprint density at radius 3 is 2.78 bits per heavy atom. The lowest BCUT2D eigenvalue weighted by Crippen LogP contribution is -2.46. The largest absolute Gasteiger partial charge is 0.461 e. The van der Waals surface area contributed by atoms with Crippen molar-refractivity contribution in [3.63, 3.8) is 0 Å². The number of nitriles is 1. The first-order valence-electron chi connectivity index (χ1n) is 10.8. The number of carbonyl (C=O) groups is 1. The number of nitrogens with zero attached hydrogens (tertiary/aromatic N) is 4. The van der Waals surface area contributed by atoms with Crippen molar-refractivity contribution in [1.82, 2.24) is 14.6 Å². The number of nitrogen functional groups attached to an aromatic ring is 1. The number of anilines is 1. The molecule has 0 radical (unpaired) electrons. The van der Waals surface area contributed by atoms with Crippen molar-refractivity contribution in [3.8, 4) is 6.07 Å². The lowest BCUT2D eigenvalue weighted by atomic mass is 9.68. The van der Waals surface area contributed by atoms with Crippen molar-refractivity contribution in [2.24, 2.45) is 5.41 Å². The maximum Gasteiger partial charge on any atom is 0.306 e. The van der Waals surface area contributed by atoms with E-state index in [0.29, 0.717) is 23.4 Å². The maximum absolute atomic E-state index is 12.5. The van der Waals surface area contributed by atoms with Gasteiger partial charge in [0.25, 0.3) is 0 Å². The van der Waals surface area contributed by atoms with Gasteiger partial charge in [0, 0.05) is 0 Å². The third kappa shape index (κ3) is 3.32. The summed E-state index contributed by atoms with van der Waals surface area (Å²) in [6, 6.07) is 5.81. The molecule has 3 aliphatic rings. The standard InChI is InChI=1S/C22H27N5O5/c1-20(2)30-17-16(13-5-6-14-19(24)25-12-26-27(13)14)31-22(10-23,18(17)32-20)11-29-15(28)9-21(3)7-4-8-21/h5-6,12,16-18H,4,7-9,11H2,1-3H3,(H2,24,25,26)/t16-,17-,18-,22+/m0/s1. The summed E-state index contributed by atoms with van der Waals surface area (Å²) in [7, 11) is 0. The Morgan fingerprint density at radius 1 is 1.31 bits per heavy atom. The Kier molecular flexibility index (Phi) is 4.71. The van der Waals surface area contributed by atoms with Crippen LogP contribution >= 0.6 is 0 Å². The molecule has 2 aromatic rings. The van der Waals surface area contributed by atoms with E-state index in [9.17, 15) is 10.1 Å². The molecule has 2 aromatic heterocycles. The highest BCUT2D eigenvalue weighted by atomic mass is 16.8.